The Labute approximate surface area is 124 Å². The summed E-state index contributed by atoms with van der Waals surface area (Å²) in [5.74, 6) is 0.538. The molecule has 1 saturated carbocycles. The standard InChI is InChI=1S/C15H20N2O3S/c1-11-16-14-10-13(8-9-15(14)20-11)21(18,19)17-12-6-4-2-3-5-7-12/h8-10,12,17H,2-7H2,1H3. The zero-order valence-electron chi connectivity index (χ0n) is 12.1. The number of fused-ring (bicyclic) bond motifs is 1. The van der Waals surface area contributed by atoms with E-state index in [1.54, 1.807) is 25.1 Å². The highest BCUT2D eigenvalue weighted by atomic mass is 32.2. The first kappa shape index (κ1) is 14.5. The van der Waals surface area contributed by atoms with E-state index < -0.39 is 10.0 Å². The minimum atomic E-state index is -3.49. The van der Waals surface area contributed by atoms with Gasteiger partial charge in [-0.3, -0.25) is 0 Å². The van der Waals surface area contributed by atoms with Crippen LogP contribution in [0.4, 0.5) is 0 Å². The number of hydrogen-bond acceptors (Lipinski definition) is 4. The molecule has 1 aromatic carbocycles. The van der Waals surface area contributed by atoms with Crippen LogP contribution in [0.1, 0.15) is 44.4 Å². The van der Waals surface area contributed by atoms with Gasteiger partial charge in [0.15, 0.2) is 11.5 Å². The Morgan fingerprint density at radius 2 is 1.90 bits per heavy atom. The summed E-state index contributed by atoms with van der Waals surface area (Å²) in [6.07, 6.45) is 6.42. The first-order chi connectivity index (χ1) is 10.0. The molecule has 0 spiro atoms. The smallest absolute Gasteiger partial charge is 0.240 e. The van der Waals surface area contributed by atoms with Gasteiger partial charge in [0.05, 0.1) is 4.90 Å². The van der Waals surface area contributed by atoms with Crippen molar-refractivity contribution in [3.05, 3.63) is 24.1 Å². The molecular weight excluding hydrogens is 288 g/mol. The van der Waals surface area contributed by atoms with Crippen molar-refractivity contribution in [3.63, 3.8) is 0 Å². The predicted molar refractivity (Wildman–Crippen MR) is 80.6 cm³/mol. The molecule has 1 aliphatic carbocycles. The fourth-order valence-corrected chi connectivity index (χ4v) is 4.20. The SMILES string of the molecule is Cc1nc2cc(S(=O)(=O)NC3CCCCCC3)ccc2o1. The third-order valence-electron chi connectivity index (χ3n) is 3.95. The molecule has 1 aliphatic rings. The van der Waals surface area contributed by atoms with Crippen LogP contribution in [-0.4, -0.2) is 19.4 Å². The summed E-state index contributed by atoms with van der Waals surface area (Å²) in [6, 6.07) is 4.86. The molecule has 114 valence electrons. The number of sulfonamides is 1. The maximum atomic E-state index is 12.5. The molecule has 1 fully saturated rings. The van der Waals surface area contributed by atoms with Crippen LogP contribution in [0.5, 0.6) is 0 Å². The van der Waals surface area contributed by atoms with Gasteiger partial charge in [-0.2, -0.15) is 0 Å². The molecule has 2 aromatic rings. The van der Waals surface area contributed by atoms with E-state index in [2.05, 4.69) is 9.71 Å². The third kappa shape index (κ3) is 3.27. The minimum absolute atomic E-state index is 0.0484. The van der Waals surface area contributed by atoms with Gasteiger partial charge < -0.3 is 4.42 Å². The van der Waals surface area contributed by atoms with Crippen molar-refractivity contribution in [1.82, 2.24) is 9.71 Å². The molecule has 0 saturated heterocycles. The highest BCUT2D eigenvalue weighted by Gasteiger charge is 2.21. The number of benzene rings is 1. The van der Waals surface area contributed by atoms with E-state index in [-0.39, 0.29) is 10.9 Å². The lowest BCUT2D eigenvalue weighted by Gasteiger charge is -2.16. The van der Waals surface area contributed by atoms with Crippen molar-refractivity contribution in [2.24, 2.45) is 0 Å². The van der Waals surface area contributed by atoms with Gasteiger partial charge in [-0.05, 0) is 31.0 Å². The predicted octanol–water partition coefficient (Wildman–Crippen LogP) is 3.14. The molecule has 6 heteroatoms. The van der Waals surface area contributed by atoms with E-state index in [9.17, 15) is 8.42 Å². The fraction of sp³-hybridized carbons (Fsp3) is 0.533. The molecule has 5 nitrogen and oxygen atoms in total. The van der Waals surface area contributed by atoms with Gasteiger partial charge in [-0.15, -0.1) is 0 Å². The molecule has 0 bridgehead atoms. The van der Waals surface area contributed by atoms with Crippen molar-refractivity contribution in [3.8, 4) is 0 Å². The highest BCUT2D eigenvalue weighted by Crippen LogP contribution is 2.22. The lowest BCUT2D eigenvalue weighted by molar-refractivity contribution is 0.510. The minimum Gasteiger partial charge on any atom is -0.441 e. The number of rotatable bonds is 3. The van der Waals surface area contributed by atoms with Gasteiger partial charge in [0.2, 0.25) is 10.0 Å². The monoisotopic (exact) mass is 308 g/mol. The summed E-state index contributed by atoms with van der Waals surface area (Å²) in [5, 5.41) is 0. The van der Waals surface area contributed by atoms with Crippen molar-refractivity contribution in [2.75, 3.05) is 0 Å². The molecule has 1 heterocycles. The summed E-state index contributed by atoms with van der Waals surface area (Å²) in [6.45, 7) is 1.75. The summed E-state index contributed by atoms with van der Waals surface area (Å²) in [5.41, 5.74) is 1.19. The Hall–Kier alpha value is -1.40. The first-order valence-corrected chi connectivity index (χ1v) is 8.92. The summed E-state index contributed by atoms with van der Waals surface area (Å²) in [4.78, 5) is 4.45. The first-order valence-electron chi connectivity index (χ1n) is 7.44. The van der Waals surface area contributed by atoms with Crippen molar-refractivity contribution in [2.45, 2.75) is 56.4 Å². The van der Waals surface area contributed by atoms with Crippen molar-refractivity contribution >= 4 is 21.1 Å². The molecule has 0 atom stereocenters. The number of hydrogen-bond donors (Lipinski definition) is 1. The van der Waals surface area contributed by atoms with Gasteiger partial charge in [0, 0.05) is 13.0 Å². The number of aryl methyl sites for hydroxylation is 1. The third-order valence-corrected chi connectivity index (χ3v) is 5.47. The van der Waals surface area contributed by atoms with Crippen LogP contribution < -0.4 is 4.72 Å². The Balaban J connectivity index is 1.84. The summed E-state index contributed by atoms with van der Waals surface area (Å²) >= 11 is 0. The Morgan fingerprint density at radius 3 is 2.62 bits per heavy atom. The van der Waals surface area contributed by atoms with Crippen LogP contribution in [0.2, 0.25) is 0 Å². The lowest BCUT2D eigenvalue weighted by Crippen LogP contribution is -2.34. The van der Waals surface area contributed by atoms with E-state index in [1.807, 2.05) is 0 Å². The number of aromatic nitrogens is 1. The van der Waals surface area contributed by atoms with Crippen LogP contribution in [0.25, 0.3) is 11.1 Å². The number of nitrogens with zero attached hydrogens (tertiary/aromatic N) is 1. The Morgan fingerprint density at radius 1 is 1.19 bits per heavy atom. The van der Waals surface area contributed by atoms with Gasteiger partial charge in [0.1, 0.15) is 5.52 Å². The van der Waals surface area contributed by atoms with Gasteiger partial charge in [-0.1, -0.05) is 25.7 Å². The molecule has 0 unspecified atom stereocenters. The molecule has 3 rings (SSSR count). The second-order valence-corrected chi connectivity index (χ2v) is 7.39. The molecule has 0 radical (unpaired) electrons. The average molecular weight is 308 g/mol. The van der Waals surface area contributed by atoms with E-state index >= 15 is 0 Å². The van der Waals surface area contributed by atoms with Crippen molar-refractivity contribution < 1.29 is 12.8 Å². The Bertz CT molecular complexity index is 728. The molecule has 21 heavy (non-hydrogen) atoms. The second-order valence-electron chi connectivity index (χ2n) is 5.67. The molecule has 1 aromatic heterocycles. The van der Waals surface area contributed by atoms with Crippen LogP contribution in [0.15, 0.2) is 27.5 Å². The van der Waals surface area contributed by atoms with Crippen LogP contribution >= 0.6 is 0 Å². The zero-order chi connectivity index (χ0) is 14.9. The lowest BCUT2D eigenvalue weighted by atomic mass is 10.1. The van der Waals surface area contributed by atoms with Crippen molar-refractivity contribution in [1.29, 1.82) is 0 Å². The molecule has 0 amide bonds. The number of oxazole rings is 1. The van der Waals surface area contributed by atoms with Gasteiger partial charge in [0.25, 0.3) is 0 Å². The normalized spacial score (nSPS) is 18.0. The van der Waals surface area contributed by atoms with E-state index in [0.29, 0.717) is 17.0 Å². The summed E-state index contributed by atoms with van der Waals surface area (Å²) < 4.78 is 33.2. The highest BCUT2D eigenvalue weighted by molar-refractivity contribution is 7.89. The Kier molecular flexibility index (Phi) is 3.99. The largest absolute Gasteiger partial charge is 0.441 e. The second kappa shape index (κ2) is 5.77. The fourth-order valence-electron chi connectivity index (χ4n) is 2.87. The quantitative estimate of drug-likeness (QED) is 0.884. The maximum Gasteiger partial charge on any atom is 0.240 e. The maximum absolute atomic E-state index is 12.5. The number of nitrogens with one attached hydrogen (secondary N) is 1. The van der Waals surface area contributed by atoms with Gasteiger partial charge in [-0.25, -0.2) is 18.1 Å². The summed E-state index contributed by atoms with van der Waals surface area (Å²) in [7, 11) is -3.49. The van der Waals surface area contributed by atoms with E-state index in [1.165, 1.54) is 12.8 Å². The topological polar surface area (TPSA) is 72.2 Å². The van der Waals surface area contributed by atoms with Gasteiger partial charge >= 0.3 is 0 Å². The average Bonchev–Trinajstić information content (AvgIpc) is 2.63. The van der Waals surface area contributed by atoms with E-state index in [4.69, 9.17) is 4.42 Å². The molecule has 0 aliphatic heterocycles. The van der Waals surface area contributed by atoms with Crippen LogP contribution in [-0.2, 0) is 10.0 Å². The van der Waals surface area contributed by atoms with Crippen LogP contribution in [0, 0.1) is 6.92 Å². The molecular formula is C15H20N2O3S. The molecule has 1 N–H and O–H groups in total. The van der Waals surface area contributed by atoms with E-state index in [0.717, 1.165) is 25.7 Å². The zero-order valence-corrected chi connectivity index (χ0v) is 12.9. The van der Waals surface area contributed by atoms with Crippen LogP contribution in [0.3, 0.4) is 0 Å².